The second kappa shape index (κ2) is 8.38. The summed E-state index contributed by atoms with van der Waals surface area (Å²) < 4.78 is 34.4. The van der Waals surface area contributed by atoms with Gasteiger partial charge in [-0.05, 0) is 43.7 Å². The van der Waals surface area contributed by atoms with Gasteiger partial charge in [0.1, 0.15) is 5.52 Å². The highest BCUT2D eigenvalue weighted by Gasteiger charge is 2.27. The van der Waals surface area contributed by atoms with Crippen LogP contribution in [0.2, 0.25) is 0 Å². The summed E-state index contributed by atoms with van der Waals surface area (Å²) in [6.07, 6.45) is 4.57. The van der Waals surface area contributed by atoms with Crippen molar-refractivity contribution in [3.05, 3.63) is 48.8 Å². The van der Waals surface area contributed by atoms with E-state index in [0.29, 0.717) is 17.1 Å². The van der Waals surface area contributed by atoms with Gasteiger partial charge in [0.05, 0.1) is 22.2 Å². The zero-order valence-corrected chi connectivity index (χ0v) is 19.3. The second-order valence-electron chi connectivity index (χ2n) is 8.58. The first-order valence-electron chi connectivity index (χ1n) is 11.0. The summed E-state index contributed by atoms with van der Waals surface area (Å²) in [5.41, 5.74) is 3.07. The molecule has 4 heterocycles. The molecule has 0 amide bonds. The monoisotopic (exact) mass is 455 g/mol. The van der Waals surface area contributed by atoms with Crippen LogP contribution in [0.3, 0.4) is 0 Å². The van der Waals surface area contributed by atoms with Crippen molar-refractivity contribution in [2.45, 2.75) is 30.4 Å². The van der Waals surface area contributed by atoms with Gasteiger partial charge in [0, 0.05) is 64.0 Å². The number of methoxy groups -OCH3 is 1. The van der Waals surface area contributed by atoms with E-state index in [1.54, 1.807) is 37.7 Å². The molecule has 3 aromatic rings. The van der Waals surface area contributed by atoms with Crippen LogP contribution in [0.1, 0.15) is 13.3 Å². The van der Waals surface area contributed by atoms with Gasteiger partial charge in [0.25, 0.3) is 10.0 Å². The Morgan fingerprint density at radius 3 is 2.78 bits per heavy atom. The third kappa shape index (κ3) is 3.74. The Hall–Kier alpha value is -2.62. The number of piperazine rings is 1. The molecular weight excluding hydrogens is 426 g/mol. The van der Waals surface area contributed by atoms with Gasteiger partial charge in [0.15, 0.2) is 0 Å². The minimum Gasteiger partial charge on any atom is -0.380 e. The lowest BCUT2D eigenvalue weighted by atomic mass is 10.2. The van der Waals surface area contributed by atoms with Gasteiger partial charge in [0.2, 0.25) is 0 Å². The van der Waals surface area contributed by atoms with Gasteiger partial charge in [-0.15, -0.1) is 0 Å². The fraction of sp³-hybridized carbons (Fsp3) is 0.435. The number of aromatic nitrogens is 2. The van der Waals surface area contributed by atoms with Gasteiger partial charge < -0.3 is 19.9 Å². The van der Waals surface area contributed by atoms with Crippen LogP contribution in [-0.2, 0) is 14.8 Å². The molecule has 2 saturated heterocycles. The van der Waals surface area contributed by atoms with Crippen molar-refractivity contribution >= 4 is 32.4 Å². The second-order valence-corrected chi connectivity index (χ2v) is 10.4. The number of fused-ring (bicyclic) bond motifs is 1. The topological polar surface area (TPSA) is 79.7 Å². The largest absolute Gasteiger partial charge is 0.380 e. The quantitative estimate of drug-likeness (QED) is 0.632. The molecule has 2 aliphatic rings. The highest BCUT2D eigenvalue weighted by molar-refractivity contribution is 7.90. The van der Waals surface area contributed by atoms with Crippen LogP contribution in [0, 0.1) is 0 Å². The Bertz CT molecular complexity index is 1230. The molecule has 0 spiro atoms. The van der Waals surface area contributed by atoms with Crippen molar-refractivity contribution < 1.29 is 13.2 Å². The predicted octanol–water partition coefficient (Wildman–Crippen LogP) is 2.30. The lowest BCUT2D eigenvalue weighted by Gasteiger charge is -2.32. The fourth-order valence-corrected chi connectivity index (χ4v) is 6.10. The zero-order valence-electron chi connectivity index (χ0n) is 18.4. The summed E-state index contributed by atoms with van der Waals surface area (Å²) in [6.45, 7) is 6.22. The normalized spacial score (nSPS) is 22.1. The molecular formula is C23H29N5O3S. The van der Waals surface area contributed by atoms with Gasteiger partial charge in [-0.25, -0.2) is 12.4 Å². The van der Waals surface area contributed by atoms with E-state index < -0.39 is 10.0 Å². The van der Waals surface area contributed by atoms with Crippen molar-refractivity contribution in [1.82, 2.24) is 14.3 Å². The first-order chi connectivity index (χ1) is 15.5. The molecule has 0 bridgehead atoms. The highest BCUT2D eigenvalue weighted by atomic mass is 32.2. The number of rotatable bonds is 5. The molecule has 2 fully saturated rings. The van der Waals surface area contributed by atoms with E-state index in [1.807, 2.05) is 18.2 Å². The molecule has 170 valence electrons. The molecule has 5 rings (SSSR count). The molecule has 2 unspecified atom stereocenters. The molecule has 32 heavy (non-hydrogen) atoms. The molecule has 2 aliphatic heterocycles. The molecule has 9 heteroatoms. The van der Waals surface area contributed by atoms with Crippen molar-refractivity contribution in [2.24, 2.45) is 0 Å². The maximum Gasteiger partial charge on any atom is 0.268 e. The van der Waals surface area contributed by atoms with Crippen LogP contribution < -0.4 is 15.1 Å². The third-order valence-electron chi connectivity index (χ3n) is 6.43. The van der Waals surface area contributed by atoms with Crippen LogP contribution in [0.25, 0.3) is 11.0 Å². The minimum absolute atomic E-state index is 0.179. The summed E-state index contributed by atoms with van der Waals surface area (Å²) >= 11 is 0. The lowest BCUT2D eigenvalue weighted by Crippen LogP contribution is -2.49. The van der Waals surface area contributed by atoms with Gasteiger partial charge in [-0.3, -0.25) is 4.98 Å². The van der Waals surface area contributed by atoms with E-state index in [0.717, 1.165) is 50.5 Å². The summed E-state index contributed by atoms with van der Waals surface area (Å²) in [5, 5.41) is 3.43. The number of benzene rings is 1. The first kappa shape index (κ1) is 21.2. The Morgan fingerprint density at radius 2 is 2.00 bits per heavy atom. The van der Waals surface area contributed by atoms with E-state index in [4.69, 9.17) is 4.74 Å². The Morgan fingerprint density at radius 1 is 1.12 bits per heavy atom. The molecule has 2 atom stereocenters. The fourth-order valence-electron chi connectivity index (χ4n) is 4.70. The molecule has 0 radical (unpaired) electrons. The van der Waals surface area contributed by atoms with Crippen LogP contribution in [0.15, 0.2) is 53.7 Å². The minimum atomic E-state index is -3.79. The maximum absolute atomic E-state index is 13.8. The Kier molecular flexibility index (Phi) is 5.56. The van der Waals surface area contributed by atoms with E-state index in [9.17, 15) is 8.42 Å². The van der Waals surface area contributed by atoms with Crippen LogP contribution in [-0.4, -0.2) is 69.4 Å². The average Bonchev–Trinajstić information content (AvgIpc) is 3.45. The van der Waals surface area contributed by atoms with Gasteiger partial charge >= 0.3 is 0 Å². The van der Waals surface area contributed by atoms with E-state index >= 15 is 0 Å². The number of hydrogen-bond donors (Lipinski definition) is 1. The third-order valence-corrected chi connectivity index (χ3v) is 8.10. The Labute approximate surface area is 188 Å². The molecule has 8 nitrogen and oxygen atoms in total. The number of nitrogens with one attached hydrogen (secondary N) is 1. The van der Waals surface area contributed by atoms with Crippen molar-refractivity contribution in [3.8, 4) is 0 Å². The summed E-state index contributed by atoms with van der Waals surface area (Å²) in [4.78, 5) is 9.21. The van der Waals surface area contributed by atoms with Crippen LogP contribution in [0.5, 0.6) is 0 Å². The summed E-state index contributed by atoms with van der Waals surface area (Å²) in [6, 6.07) is 11.1. The highest BCUT2D eigenvalue weighted by Crippen LogP contribution is 2.32. The van der Waals surface area contributed by atoms with Crippen molar-refractivity contribution in [3.63, 3.8) is 0 Å². The average molecular weight is 456 g/mol. The maximum atomic E-state index is 13.8. The first-order valence-corrected chi connectivity index (χ1v) is 12.5. The summed E-state index contributed by atoms with van der Waals surface area (Å²) in [7, 11) is -2.07. The van der Waals surface area contributed by atoms with Gasteiger partial charge in [-0.1, -0.05) is 6.07 Å². The number of anilines is 2. The molecule has 1 N–H and O–H groups in total. The number of nitrogens with zero attached hydrogens (tertiary/aromatic N) is 4. The SMILES string of the molecule is COC1CCN(c2cccc(S(=O)(=O)n3cc(N4CCNC(C)C4)c4ncccc43)c2)C1. The van der Waals surface area contributed by atoms with Crippen LogP contribution in [0.4, 0.5) is 11.4 Å². The van der Waals surface area contributed by atoms with Crippen LogP contribution >= 0.6 is 0 Å². The zero-order chi connectivity index (χ0) is 22.3. The standard InChI is InChI=1S/C23H29N5O3S/c1-17-14-27(12-10-24-17)22-16-28(21-7-4-9-25-23(21)22)32(29,30)20-6-3-5-18(13-20)26-11-8-19(15-26)31-2/h3-7,9,13,16-17,19,24H,8,10-12,14-15H2,1-2H3. The molecule has 0 saturated carbocycles. The number of ether oxygens (including phenoxy) is 1. The predicted molar refractivity (Wildman–Crippen MR) is 126 cm³/mol. The van der Waals surface area contributed by atoms with Crippen molar-refractivity contribution in [2.75, 3.05) is 49.6 Å². The molecule has 0 aliphatic carbocycles. The van der Waals surface area contributed by atoms with E-state index in [-0.39, 0.29) is 11.0 Å². The smallest absolute Gasteiger partial charge is 0.268 e. The Balaban J connectivity index is 1.55. The number of pyridine rings is 1. The van der Waals surface area contributed by atoms with Crippen molar-refractivity contribution in [1.29, 1.82) is 0 Å². The summed E-state index contributed by atoms with van der Waals surface area (Å²) in [5.74, 6) is 0. The molecule has 2 aromatic heterocycles. The lowest BCUT2D eigenvalue weighted by molar-refractivity contribution is 0.121. The molecule has 1 aromatic carbocycles. The van der Waals surface area contributed by atoms with E-state index in [1.165, 1.54) is 3.97 Å². The van der Waals surface area contributed by atoms with Gasteiger partial charge in [-0.2, -0.15) is 0 Å². The van der Waals surface area contributed by atoms with E-state index in [2.05, 4.69) is 27.0 Å². The number of hydrogen-bond acceptors (Lipinski definition) is 7.